The van der Waals surface area contributed by atoms with Crippen LogP contribution in [0.3, 0.4) is 0 Å². The van der Waals surface area contributed by atoms with Gasteiger partial charge in [-0.2, -0.15) is 0 Å². The van der Waals surface area contributed by atoms with Gasteiger partial charge in [0.25, 0.3) is 0 Å². The summed E-state index contributed by atoms with van der Waals surface area (Å²) >= 11 is 0. The van der Waals surface area contributed by atoms with Crippen LogP contribution in [0.1, 0.15) is 33.6 Å². The number of hydrogen-bond donors (Lipinski definition) is 1. The maximum absolute atomic E-state index is 5.91. The van der Waals surface area contributed by atoms with Gasteiger partial charge >= 0.3 is 0 Å². The van der Waals surface area contributed by atoms with Crippen molar-refractivity contribution in [2.45, 2.75) is 51.5 Å². The van der Waals surface area contributed by atoms with E-state index in [-0.39, 0.29) is 11.8 Å². The zero-order valence-corrected chi connectivity index (χ0v) is 11.6. The second-order valence-corrected chi connectivity index (χ2v) is 4.67. The largest absolute Gasteiger partial charge is 0.356 e. The van der Waals surface area contributed by atoms with Crippen LogP contribution in [0, 0.1) is 0 Å². The van der Waals surface area contributed by atoms with Crippen molar-refractivity contribution in [3.8, 4) is 0 Å². The molecule has 0 radical (unpaired) electrons. The first-order valence-corrected chi connectivity index (χ1v) is 5.93. The topological polar surface area (TPSA) is 47.7 Å². The second-order valence-electron chi connectivity index (χ2n) is 4.67. The molecule has 2 N–H and O–H groups in total. The second kappa shape index (κ2) is 7.22. The van der Waals surface area contributed by atoms with Gasteiger partial charge in [0.1, 0.15) is 0 Å². The molecule has 0 aromatic rings. The molecule has 0 heterocycles. The predicted molar refractivity (Wildman–Crippen MR) is 67.4 cm³/mol. The number of methoxy groups -OCH3 is 2. The molecule has 0 saturated carbocycles. The van der Waals surface area contributed by atoms with E-state index < -0.39 is 0 Å². The van der Waals surface area contributed by atoms with Gasteiger partial charge in [0.15, 0.2) is 6.29 Å². The summed E-state index contributed by atoms with van der Waals surface area (Å²) < 4.78 is 10.5. The van der Waals surface area contributed by atoms with E-state index in [0.717, 1.165) is 12.8 Å². The Hall–Kier alpha value is -0.160. The number of rotatable bonds is 8. The van der Waals surface area contributed by atoms with Gasteiger partial charge in [-0.3, -0.25) is 4.90 Å². The fourth-order valence-electron chi connectivity index (χ4n) is 1.80. The van der Waals surface area contributed by atoms with Crippen LogP contribution in [0.2, 0.25) is 0 Å². The fourth-order valence-corrected chi connectivity index (χ4v) is 1.80. The van der Waals surface area contributed by atoms with Crippen LogP contribution in [-0.4, -0.2) is 50.6 Å². The predicted octanol–water partition coefficient (Wildman–Crippen LogP) is 1.44. The summed E-state index contributed by atoms with van der Waals surface area (Å²) in [6.07, 6.45) is 1.69. The minimum Gasteiger partial charge on any atom is -0.356 e. The zero-order chi connectivity index (χ0) is 12.8. The molecule has 0 rings (SSSR count). The highest BCUT2D eigenvalue weighted by molar-refractivity contribution is 4.88. The Morgan fingerprint density at radius 3 is 2.12 bits per heavy atom. The van der Waals surface area contributed by atoms with Gasteiger partial charge < -0.3 is 15.2 Å². The van der Waals surface area contributed by atoms with Gasteiger partial charge in [-0.1, -0.05) is 6.92 Å². The molecule has 4 heteroatoms. The molecule has 0 aliphatic heterocycles. The molecule has 2 unspecified atom stereocenters. The van der Waals surface area contributed by atoms with Crippen molar-refractivity contribution < 1.29 is 9.47 Å². The third-order valence-corrected chi connectivity index (χ3v) is 3.68. The van der Waals surface area contributed by atoms with Crippen molar-refractivity contribution in [2.75, 3.05) is 27.8 Å². The van der Waals surface area contributed by atoms with Crippen molar-refractivity contribution in [3.05, 3.63) is 0 Å². The Bertz CT molecular complexity index is 186. The van der Waals surface area contributed by atoms with Crippen LogP contribution in [0.4, 0.5) is 0 Å². The lowest BCUT2D eigenvalue weighted by Gasteiger charge is -2.43. The highest BCUT2D eigenvalue weighted by atomic mass is 16.7. The van der Waals surface area contributed by atoms with Crippen molar-refractivity contribution in [2.24, 2.45) is 5.73 Å². The van der Waals surface area contributed by atoms with Crippen LogP contribution in [0.25, 0.3) is 0 Å². The number of nitrogens with zero attached hydrogens (tertiary/aromatic N) is 1. The highest BCUT2D eigenvalue weighted by Gasteiger charge is 2.33. The van der Waals surface area contributed by atoms with Crippen LogP contribution in [0.15, 0.2) is 0 Å². The van der Waals surface area contributed by atoms with Crippen molar-refractivity contribution in [1.29, 1.82) is 0 Å². The van der Waals surface area contributed by atoms with E-state index in [4.69, 9.17) is 15.2 Å². The summed E-state index contributed by atoms with van der Waals surface area (Å²) in [5.74, 6) is 0. The quantitative estimate of drug-likeness (QED) is 0.643. The third-order valence-electron chi connectivity index (χ3n) is 3.68. The van der Waals surface area contributed by atoms with Gasteiger partial charge in [-0.25, -0.2) is 0 Å². The van der Waals surface area contributed by atoms with E-state index in [1.165, 1.54) is 0 Å². The van der Waals surface area contributed by atoms with Gasteiger partial charge in [0, 0.05) is 38.8 Å². The first-order valence-electron chi connectivity index (χ1n) is 5.93. The first kappa shape index (κ1) is 15.8. The van der Waals surface area contributed by atoms with E-state index in [2.05, 4.69) is 32.7 Å². The Morgan fingerprint density at radius 1 is 1.31 bits per heavy atom. The summed E-state index contributed by atoms with van der Waals surface area (Å²) in [6, 6.07) is 0.503. The van der Waals surface area contributed by atoms with Gasteiger partial charge in [-0.05, 0) is 27.3 Å². The average Bonchev–Trinajstić information content (AvgIpc) is 2.33. The van der Waals surface area contributed by atoms with E-state index >= 15 is 0 Å². The highest BCUT2D eigenvalue weighted by Crippen LogP contribution is 2.23. The molecule has 0 aliphatic carbocycles. The van der Waals surface area contributed by atoms with Crippen molar-refractivity contribution in [3.63, 3.8) is 0 Å². The lowest BCUT2D eigenvalue weighted by molar-refractivity contribution is -0.129. The number of likely N-dealkylation sites (N-methyl/N-ethyl adjacent to an activating group) is 1. The maximum Gasteiger partial charge on any atom is 0.158 e. The zero-order valence-electron chi connectivity index (χ0n) is 11.6. The first-order chi connectivity index (χ1) is 7.45. The number of ether oxygens (including phenoxy) is 2. The molecule has 0 spiro atoms. The van der Waals surface area contributed by atoms with E-state index in [1.807, 2.05) is 0 Å². The summed E-state index contributed by atoms with van der Waals surface area (Å²) in [4.78, 5) is 2.32. The normalized spacial score (nSPS) is 17.8. The lowest BCUT2D eigenvalue weighted by atomic mass is 9.93. The summed E-state index contributed by atoms with van der Waals surface area (Å²) in [7, 11) is 5.44. The summed E-state index contributed by atoms with van der Waals surface area (Å²) in [5.41, 5.74) is 5.81. The fraction of sp³-hybridized carbons (Fsp3) is 1.00. The molecule has 0 aromatic carbocycles. The van der Waals surface area contributed by atoms with Crippen LogP contribution < -0.4 is 5.73 Å². The number of hydrogen-bond acceptors (Lipinski definition) is 4. The molecule has 0 saturated heterocycles. The van der Waals surface area contributed by atoms with Gasteiger partial charge in [0.2, 0.25) is 0 Å². The molecule has 0 bridgehead atoms. The lowest BCUT2D eigenvalue weighted by Crippen LogP contribution is -2.55. The van der Waals surface area contributed by atoms with E-state index in [1.54, 1.807) is 14.2 Å². The van der Waals surface area contributed by atoms with Crippen LogP contribution in [-0.2, 0) is 9.47 Å². The van der Waals surface area contributed by atoms with Crippen LogP contribution >= 0.6 is 0 Å². The number of nitrogens with two attached hydrogens (primary N) is 1. The van der Waals surface area contributed by atoms with E-state index in [0.29, 0.717) is 12.6 Å². The smallest absolute Gasteiger partial charge is 0.158 e. The van der Waals surface area contributed by atoms with Gasteiger partial charge in [-0.15, -0.1) is 0 Å². The van der Waals surface area contributed by atoms with Crippen LogP contribution in [0.5, 0.6) is 0 Å². The molecular weight excluding hydrogens is 204 g/mol. The van der Waals surface area contributed by atoms with Crippen molar-refractivity contribution >= 4 is 0 Å². The molecule has 0 fully saturated rings. The molecular formula is C12H28N2O2. The monoisotopic (exact) mass is 232 g/mol. The Kier molecular flexibility index (Phi) is 7.15. The molecule has 4 nitrogen and oxygen atoms in total. The molecule has 0 aromatic heterocycles. The maximum atomic E-state index is 5.91. The van der Waals surface area contributed by atoms with Crippen molar-refractivity contribution in [1.82, 2.24) is 4.90 Å². The Balaban J connectivity index is 4.62. The molecule has 98 valence electrons. The SMILES string of the molecule is CCC(C)N(C)C(C)(CN)CC(OC)OC. The van der Waals surface area contributed by atoms with Gasteiger partial charge in [0.05, 0.1) is 0 Å². The van der Waals surface area contributed by atoms with E-state index in [9.17, 15) is 0 Å². The Morgan fingerprint density at radius 2 is 1.81 bits per heavy atom. The Labute approximate surface area is 100 Å². The standard InChI is InChI=1S/C12H28N2O2/c1-7-10(2)14(4)12(3,9-13)8-11(15-5)16-6/h10-11H,7-9,13H2,1-6H3. The molecule has 0 amide bonds. The molecule has 0 aliphatic rings. The summed E-state index contributed by atoms with van der Waals surface area (Å²) in [6.45, 7) is 7.14. The minimum absolute atomic E-state index is 0.0912. The molecule has 16 heavy (non-hydrogen) atoms. The molecule has 2 atom stereocenters. The summed E-state index contributed by atoms with van der Waals surface area (Å²) in [5, 5.41) is 0. The average molecular weight is 232 g/mol. The minimum atomic E-state index is -0.194. The third kappa shape index (κ3) is 4.01.